The number of aromatic amines is 1. The van der Waals surface area contributed by atoms with Crippen molar-refractivity contribution in [2.45, 2.75) is 25.3 Å². The summed E-state index contributed by atoms with van der Waals surface area (Å²) in [7, 11) is 0. The minimum absolute atomic E-state index is 0.00550. The molecule has 0 aliphatic heterocycles. The van der Waals surface area contributed by atoms with E-state index < -0.39 is 0 Å². The quantitative estimate of drug-likeness (QED) is 0.288. The number of amides is 1. The van der Waals surface area contributed by atoms with Gasteiger partial charge in [0.1, 0.15) is 5.75 Å². The molecule has 9 heteroatoms. The predicted octanol–water partition coefficient (Wildman–Crippen LogP) is 2.84. The summed E-state index contributed by atoms with van der Waals surface area (Å²) in [6.45, 7) is 0.00550. The fourth-order valence-electron chi connectivity index (χ4n) is 3.03. The number of nitrogens with zero attached hydrogens (tertiary/aromatic N) is 2. The summed E-state index contributed by atoms with van der Waals surface area (Å²) in [5, 5.41) is 20.5. The second-order valence-electron chi connectivity index (χ2n) is 7.13. The van der Waals surface area contributed by atoms with Crippen LogP contribution in [0.1, 0.15) is 24.8 Å². The molecular weight excluding hydrogens is 382 g/mol. The lowest BCUT2D eigenvalue weighted by Crippen LogP contribution is -2.41. The molecule has 0 unspecified atom stereocenters. The second-order valence-corrected chi connectivity index (χ2v) is 7.13. The van der Waals surface area contributed by atoms with Gasteiger partial charge in [-0.05, 0) is 61.7 Å². The Morgan fingerprint density at radius 2 is 2.07 bits per heavy atom. The Bertz CT molecular complexity index is 1040. The number of anilines is 3. The average molecular weight is 405 g/mol. The van der Waals surface area contributed by atoms with Crippen molar-refractivity contribution in [1.82, 2.24) is 20.5 Å². The molecule has 0 saturated heterocycles. The topological polar surface area (TPSA) is 142 Å². The maximum absolute atomic E-state index is 11.8. The van der Waals surface area contributed by atoms with Crippen molar-refractivity contribution >= 4 is 29.4 Å². The lowest BCUT2D eigenvalue weighted by atomic mass is 9.93. The number of H-pyrrole nitrogens is 1. The van der Waals surface area contributed by atoms with Gasteiger partial charge >= 0.3 is 0 Å². The number of nitrogens with two attached hydrogens (primary N) is 1. The van der Waals surface area contributed by atoms with E-state index in [0.29, 0.717) is 34.8 Å². The van der Waals surface area contributed by atoms with Crippen LogP contribution < -0.4 is 21.1 Å². The molecule has 154 valence electrons. The molecule has 30 heavy (non-hydrogen) atoms. The summed E-state index contributed by atoms with van der Waals surface area (Å²) >= 11 is 0. The number of hydrogen-bond acceptors (Lipinski definition) is 7. The van der Waals surface area contributed by atoms with Gasteiger partial charge in [0.15, 0.2) is 12.4 Å². The maximum atomic E-state index is 11.8. The predicted molar refractivity (Wildman–Crippen MR) is 115 cm³/mol. The SMILES string of the molecule is N=Cc1cc(Nc2n[nH]c(-c3ccc(OCC(=O)NC4CCC4)cc3)n2)ccc1N. The molecule has 1 saturated carbocycles. The summed E-state index contributed by atoms with van der Waals surface area (Å²) in [5.41, 5.74) is 8.53. The highest BCUT2D eigenvalue weighted by molar-refractivity contribution is 5.87. The molecule has 1 heterocycles. The summed E-state index contributed by atoms with van der Waals surface area (Å²) in [6, 6.07) is 12.9. The molecule has 1 aliphatic rings. The fraction of sp³-hybridized carbons (Fsp3) is 0.238. The Labute approximate surface area is 173 Å². The Hall–Kier alpha value is -3.88. The minimum Gasteiger partial charge on any atom is -0.484 e. The highest BCUT2D eigenvalue weighted by Crippen LogP contribution is 2.23. The first-order chi connectivity index (χ1) is 14.6. The first-order valence-electron chi connectivity index (χ1n) is 9.73. The van der Waals surface area contributed by atoms with E-state index in [9.17, 15) is 4.79 Å². The first kappa shape index (κ1) is 19.4. The molecular formula is C21H23N7O2. The molecule has 3 aromatic rings. The average Bonchev–Trinajstić information content (AvgIpc) is 3.19. The number of benzene rings is 2. The van der Waals surface area contributed by atoms with Gasteiger partial charge in [-0.3, -0.25) is 9.89 Å². The molecule has 0 spiro atoms. The molecule has 6 N–H and O–H groups in total. The summed E-state index contributed by atoms with van der Waals surface area (Å²) < 4.78 is 5.54. The molecule has 1 aromatic heterocycles. The van der Waals surface area contributed by atoms with Gasteiger partial charge in [0.25, 0.3) is 5.91 Å². The van der Waals surface area contributed by atoms with Crippen LogP contribution in [0, 0.1) is 5.41 Å². The van der Waals surface area contributed by atoms with E-state index >= 15 is 0 Å². The number of aromatic nitrogens is 3. The highest BCUT2D eigenvalue weighted by atomic mass is 16.5. The Morgan fingerprint density at radius 3 is 2.77 bits per heavy atom. The van der Waals surface area contributed by atoms with Crippen molar-refractivity contribution in [3.05, 3.63) is 48.0 Å². The largest absolute Gasteiger partial charge is 0.484 e. The molecule has 9 nitrogen and oxygen atoms in total. The van der Waals surface area contributed by atoms with Crippen LogP contribution in [-0.4, -0.2) is 40.0 Å². The van der Waals surface area contributed by atoms with Gasteiger partial charge < -0.3 is 26.5 Å². The third-order valence-corrected chi connectivity index (χ3v) is 4.95. The summed E-state index contributed by atoms with van der Waals surface area (Å²) in [4.78, 5) is 16.3. The number of ether oxygens (including phenoxy) is 1. The van der Waals surface area contributed by atoms with Crippen LogP contribution >= 0.6 is 0 Å². The molecule has 4 rings (SSSR count). The number of rotatable bonds is 8. The number of hydrogen-bond donors (Lipinski definition) is 5. The van der Waals surface area contributed by atoms with Crippen LogP contribution in [0.2, 0.25) is 0 Å². The zero-order chi connectivity index (χ0) is 20.9. The normalized spacial score (nSPS) is 13.3. The van der Waals surface area contributed by atoms with Crippen LogP contribution in [-0.2, 0) is 4.79 Å². The van der Waals surface area contributed by atoms with Crippen LogP contribution in [0.5, 0.6) is 5.75 Å². The lowest BCUT2D eigenvalue weighted by Gasteiger charge is -2.26. The van der Waals surface area contributed by atoms with Gasteiger partial charge in [-0.25, -0.2) is 0 Å². The van der Waals surface area contributed by atoms with Gasteiger partial charge in [-0.1, -0.05) is 0 Å². The molecule has 1 amide bonds. The molecule has 0 atom stereocenters. The molecule has 2 aromatic carbocycles. The minimum atomic E-state index is -0.0939. The van der Waals surface area contributed by atoms with Gasteiger partial charge in [0.2, 0.25) is 5.95 Å². The summed E-state index contributed by atoms with van der Waals surface area (Å²) in [5.74, 6) is 1.51. The standard InChI is InChI=1S/C21H23N7O2/c22-11-14-10-16(6-9-18(14)23)25-21-26-20(27-28-21)13-4-7-17(8-5-13)30-12-19(29)24-15-2-1-3-15/h4-11,15,22H,1-3,12,23H2,(H,24,29)(H2,25,26,27,28). The van der Waals surface area contributed by atoms with Crippen molar-refractivity contribution in [3.63, 3.8) is 0 Å². The Kier molecular flexibility index (Phi) is 5.60. The fourth-order valence-corrected chi connectivity index (χ4v) is 3.03. The van der Waals surface area contributed by atoms with E-state index in [0.717, 1.165) is 24.1 Å². The third-order valence-electron chi connectivity index (χ3n) is 4.95. The Morgan fingerprint density at radius 1 is 1.27 bits per heavy atom. The van der Waals surface area contributed by atoms with Gasteiger partial charge in [0, 0.05) is 34.8 Å². The van der Waals surface area contributed by atoms with Crippen molar-refractivity contribution < 1.29 is 9.53 Å². The van der Waals surface area contributed by atoms with Gasteiger partial charge in [-0.2, -0.15) is 4.98 Å². The number of carbonyl (C=O) groups excluding carboxylic acids is 1. The van der Waals surface area contributed by atoms with Crippen LogP contribution in [0.3, 0.4) is 0 Å². The molecule has 0 radical (unpaired) electrons. The molecule has 0 bridgehead atoms. The van der Waals surface area contributed by atoms with E-state index in [2.05, 4.69) is 25.8 Å². The number of nitrogen functional groups attached to an aromatic ring is 1. The zero-order valence-corrected chi connectivity index (χ0v) is 16.3. The van der Waals surface area contributed by atoms with Crippen molar-refractivity contribution in [2.24, 2.45) is 0 Å². The number of nitrogens with one attached hydrogen (secondary N) is 4. The van der Waals surface area contributed by atoms with Crippen LogP contribution in [0.4, 0.5) is 17.3 Å². The Balaban J connectivity index is 1.35. The van der Waals surface area contributed by atoms with Crippen LogP contribution in [0.25, 0.3) is 11.4 Å². The van der Waals surface area contributed by atoms with Crippen molar-refractivity contribution in [1.29, 1.82) is 5.41 Å². The second kappa shape index (κ2) is 8.64. The van der Waals surface area contributed by atoms with Crippen molar-refractivity contribution in [3.8, 4) is 17.1 Å². The summed E-state index contributed by atoms with van der Waals surface area (Å²) in [6.07, 6.45) is 4.48. The van der Waals surface area contributed by atoms with E-state index in [1.807, 2.05) is 12.1 Å². The number of carbonyl (C=O) groups is 1. The van der Waals surface area contributed by atoms with Crippen molar-refractivity contribution in [2.75, 3.05) is 17.7 Å². The van der Waals surface area contributed by atoms with E-state index in [-0.39, 0.29) is 12.5 Å². The molecule has 1 aliphatic carbocycles. The van der Waals surface area contributed by atoms with E-state index in [4.69, 9.17) is 15.9 Å². The zero-order valence-electron chi connectivity index (χ0n) is 16.3. The third kappa shape index (κ3) is 4.57. The van der Waals surface area contributed by atoms with E-state index in [1.54, 1.807) is 30.3 Å². The van der Waals surface area contributed by atoms with Gasteiger partial charge in [-0.15, -0.1) is 5.10 Å². The first-order valence-corrected chi connectivity index (χ1v) is 9.73. The van der Waals surface area contributed by atoms with Crippen LogP contribution in [0.15, 0.2) is 42.5 Å². The maximum Gasteiger partial charge on any atom is 0.258 e. The molecule has 1 fully saturated rings. The van der Waals surface area contributed by atoms with Gasteiger partial charge in [0.05, 0.1) is 0 Å². The van der Waals surface area contributed by atoms with E-state index in [1.165, 1.54) is 12.6 Å². The monoisotopic (exact) mass is 405 g/mol. The highest BCUT2D eigenvalue weighted by Gasteiger charge is 2.19. The lowest BCUT2D eigenvalue weighted by molar-refractivity contribution is -0.124. The smallest absolute Gasteiger partial charge is 0.258 e.